The molecule has 2 aromatic heterocycles. The molecule has 0 saturated heterocycles. The van der Waals surface area contributed by atoms with Crippen LogP contribution in [0.2, 0.25) is 0 Å². The fourth-order valence-corrected chi connectivity index (χ4v) is 2.39. The lowest BCUT2D eigenvalue weighted by atomic mass is 10.2. The molecule has 0 unspecified atom stereocenters. The molecule has 0 atom stereocenters. The summed E-state index contributed by atoms with van der Waals surface area (Å²) in [6, 6.07) is 5.85. The number of nitrogens with zero attached hydrogens (tertiary/aromatic N) is 2. The average molecular weight is 318 g/mol. The number of pyridine rings is 1. The number of aromatic nitrogens is 3. The van der Waals surface area contributed by atoms with E-state index in [-0.39, 0.29) is 0 Å². The highest BCUT2D eigenvalue weighted by Crippen LogP contribution is 2.35. The van der Waals surface area contributed by atoms with E-state index >= 15 is 0 Å². The van der Waals surface area contributed by atoms with Crippen molar-refractivity contribution in [3.63, 3.8) is 0 Å². The van der Waals surface area contributed by atoms with Crippen molar-refractivity contribution < 1.29 is 4.74 Å². The van der Waals surface area contributed by atoms with Gasteiger partial charge in [-0.2, -0.15) is 5.10 Å². The molecule has 96 valence electrons. The molecule has 0 aliphatic carbocycles. The maximum Gasteiger partial charge on any atom is 0.151 e. The summed E-state index contributed by atoms with van der Waals surface area (Å²) in [6.07, 6.45) is 3.56. The van der Waals surface area contributed by atoms with Crippen molar-refractivity contribution in [3.8, 4) is 11.5 Å². The second-order valence-corrected chi connectivity index (χ2v) is 5.24. The van der Waals surface area contributed by atoms with Crippen LogP contribution in [0.4, 0.5) is 0 Å². The number of nitrogens with one attached hydrogen (secondary N) is 1. The monoisotopic (exact) mass is 317 g/mol. The Morgan fingerprint density at radius 2 is 2.11 bits per heavy atom. The second kappa shape index (κ2) is 4.66. The van der Waals surface area contributed by atoms with Gasteiger partial charge in [-0.15, -0.1) is 0 Å². The van der Waals surface area contributed by atoms with Crippen molar-refractivity contribution in [1.29, 1.82) is 0 Å². The number of aryl methyl sites for hydroxylation is 2. The zero-order valence-electron chi connectivity index (χ0n) is 10.6. The number of ether oxygens (including phenoxy) is 1. The third-order valence-corrected chi connectivity index (χ3v) is 3.60. The first-order valence-corrected chi connectivity index (χ1v) is 6.67. The van der Waals surface area contributed by atoms with Crippen LogP contribution in [0.5, 0.6) is 11.5 Å². The van der Waals surface area contributed by atoms with E-state index in [1.807, 2.05) is 32.0 Å². The zero-order chi connectivity index (χ0) is 13.4. The highest BCUT2D eigenvalue weighted by atomic mass is 79.9. The molecule has 3 rings (SSSR count). The van der Waals surface area contributed by atoms with Crippen molar-refractivity contribution in [3.05, 3.63) is 46.3 Å². The molecule has 1 aromatic carbocycles. The van der Waals surface area contributed by atoms with Gasteiger partial charge in [-0.05, 0) is 53.5 Å². The van der Waals surface area contributed by atoms with Gasteiger partial charge in [-0.3, -0.25) is 10.1 Å². The van der Waals surface area contributed by atoms with Crippen LogP contribution in [0.1, 0.15) is 11.3 Å². The summed E-state index contributed by atoms with van der Waals surface area (Å²) < 4.78 is 6.88. The van der Waals surface area contributed by atoms with Crippen LogP contribution in [0.3, 0.4) is 0 Å². The molecular weight excluding hydrogens is 306 g/mol. The molecule has 0 saturated carbocycles. The Bertz CT molecular complexity index is 731. The van der Waals surface area contributed by atoms with E-state index in [1.165, 1.54) is 0 Å². The Morgan fingerprint density at radius 1 is 1.26 bits per heavy atom. The van der Waals surface area contributed by atoms with Gasteiger partial charge in [0.15, 0.2) is 5.75 Å². The number of H-pyrrole nitrogens is 1. The highest BCUT2D eigenvalue weighted by molar-refractivity contribution is 9.10. The molecule has 3 aromatic rings. The van der Waals surface area contributed by atoms with Crippen LogP contribution in [0.25, 0.3) is 10.9 Å². The molecule has 0 fully saturated rings. The lowest BCUT2D eigenvalue weighted by Crippen LogP contribution is -1.94. The predicted molar refractivity (Wildman–Crippen MR) is 77.6 cm³/mol. The van der Waals surface area contributed by atoms with Crippen LogP contribution < -0.4 is 4.74 Å². The van der Waals surface area contributed by atoms with Crippen molar-refractivity contribution in [1.82, 2.24) is 15.2 Å². The minimum absolute atomic E-state index is 0.758. The summed E-state index contributed by atoms with van der Waals surface area (Å²) in [5.74, 6) is 1.55. The third kappa shape index (κ3) is 2.21. The number of rotatable bonds is 2. The minimum atomic E-state index is 0.758. The summed E-state index contributed by atoms with van der Waals surface area (Å²) >= 11 is 3.52. The van der Waals surface area contributed by atoms with Crippen molar-refractivity contribution in [2.45, 2.75) is 13.8 Å². The summed E-state index contributed by atoms with van der Waals surface area (Å²) in [7, 11) is 0. The molecule has 1 N–H and O–H groups in total. The molecular formula is C14H12BrN3O. The third-order valence-electron chi connectivity index (χ3n) is 2.98. The van der Waals surface area contributed by atoms with Crippen LogP contribution in [0, 0.1) is 13.8 Å². The maximum absolute atomic E-state index is 6.00. The van der Waals surface area contributed by atoms with Gasteiger partial charge in [0, 0.05) is 11.6 Å². The van der Waals surface area contributed by atoms with E-state index < -0.39 is 0 Å². The summed E-state index contributed by atoms with van der Waals surface area (Å²) in [5, 5.41) is 7.95. The van der Waals surface area contributed by atoms with Crippen LogP contribution >= 0.6 is 15.9 Å². The molecule has 2 heterocycles. The molecule has 0 amide bonds. The molecule has 0 spiro atoms. The first kappa shape index (κ1) is 12.2. The standard InChI is InChI=1S/C14H12BrN3O/c1-8-3-4-16-9(2)14(8)19-13-5-10-7-17-18-12(10)6-11(13)15/h3-7H,1-2H3,(H,17,18). The van der Waals surface area contributed by atoms with Gasteiger partial charge in [0.25, 0.3) is 0 Å². The SMILES string of the molecule is Cc1ccnc(C)c1Oc1cc2cn[nH]c2cc1Br. The van der Waals surface area contributed by atoms with Gasteiger partial charge < -0.3 is 4.74 Å². The van der Waals surface area contributed by atoms with E-state index in [0.29, 0.717) is 0 Å². The normalized spacial score (nSPS) is 10.9. The number of fused-ring (bicyclic) bond motifs is 1. The highest BCUT2D eigenvalue weighted by Gasteiger charge is 2.10. The number of hydrogen-bond acceptors (Lipinski definition) is 3. The number of hydrogen-bond donors (Lipinski definition) is 1. The Hall–Kier alpha value is -1.88. The van der Waals surface area contributed by atoms with Gasteiger partial charge in [-0.1, -0.05) is 0 Å². The summed E-state index contributed by atoms with van der Waals surface area (Å²) in [4.78, 5) is 4.26. The lowest BCUT2D eigenvalue weighted by molar-refractivity contribution is 0.469. The first-order valence-electron chi connectivity index (χ1n) is 5.88. The fraction of sp³-hybridized carbons (Fsp3) is 0.143. The first-order chi connectivity index (χ1) is 9.15. The van der Waals surface area contributed by atoms with E-state index in [9.17, 15) is 0 Å². The molecule has 5 heteroatoms. The van der Waals surface area contributed by atoms with Gasteiger partial charge in [0.2, 0.25) is 0 Å². The molecule has 0 bridgehead atoms. The quantitative estimate of drug-likeness (QED) is 0.773. The number of aromatic amines is 1. The van der Waals surface area contributed by atoms with E-state index in [2.05, 4.69) is 31.1 Å². The molecule has 0 aliphatic rings. The Balaban J connectivity index is 2.07. The van der Waals surface area contributed by atoms with Gasteiger partial charge in [0.05, 0.1) is 21.9 Å². The van der Waals surface area contributed by atoms with Crippen molar-refractivity contribution >= 4 is 26.8 Å². The van der Waals surface area contributed by atoms with Crippen LogP contribution in [-0.4, -0.2) is 15.2 Å². The molecule has 0 aliphatic heterocycles. The topological polar surface area (TPSA) is 50.8 Å². The van der Waals surface area contributed by atoms with Gasteiger partial charge in [-0.25, -0.2) is 0 Å². The second-order valence-electron chi connectivity index (χ2n) is 4.38. The number of benzene rings is 1. The van der Waals surface area contributed by atoms with Gasteiger partial charge in [0.1, 0.15) is 5.75 Å². The van der Waals surface area contributed by atoms with Crippen molar-refractivity contribution in [2.24, 2.45) is 0 Å². The summed E-state index contributed by atoms with van der Waals surface area (Å²) in [6.45, 7) is 3.95. The maximum atomic E-state index is 6.00. The molecule has 0 radical (unpaired) electrons. The Morgan fingerprint density at radius 3 is 2.89 bits per heavy atom. The average Bonchev–Trinajstić information content (AvgIpc) is 2.81. The lowest BCUT2D eigenvalue weighted by Gasteiger charge is -2.12. The van der Waals surface area contributed by atoms with Crippen LogP contribution in [0.15, 0.2) is 35.1 Å². The molecule has 4 nitrogen and oxygen atoms in total. The number of halogens is 1. The van der Waals surface area contributed by atoms with Crippen molar-refractivity contribution in [2.75, 3.05) is 0 Å². The smallest absolute Gasteiger partial charge is 0.151 e. The summed E-state index contributed by atoms with van der Waals surface area (Å²) in [5.41, 5.74) is 2.91. The largest absolute Gasteiger partial charge is 0.454 e. The molecule has 19 heavy (non-hydrogen) atoms. The van der Waals surface area contributed by atoms with Gasteiger partial charge >= 0.3 is 0 Å². The van der Waals surface area contributed by atoms with E-state index in [4.69, 9.17) is 4.74 Å². The Labute approximate surface area is 118 Å². The fourth-order valence-electron chi connectivity index (χ4n) is 1.97. The minimum Gasteiger partial charge on any atom is -0.454 e. The Kier molecular flexibility index (Phi) is 2.98. The van der Waals surface area contributed by atoms with E-state index in [0.717, 1.165) is 38.1 Å². The van der Waals surface area contributed by atoms with Crippen LogP contribution in [-0.2, 0) is 0 Å². The zero-order valence-corrected chi connectivity index (χ0v) is 12.2. The van der Waals surface area contributed by atoms with E-state index in [1.54, 1.807) is 12.4 Å². The predicted octanol–water partition coefficient (Wildman–Crippen LogP) is 4.13.